The van der Waals surface area contributed by atoms with Gasteiger partial charge in [-0.25, -0.2) is 4.98 Å². The predicted molar refractivity (Wildman–Crippen MR) is 188 cm³/mol. The highest BCUT2D eigenvalue weighted by molar-refractivity contribution is 8.00. The van der Waals surface area contributed by atoms with E-state index in [1.165, 1.54) is 38.3 Å². The second kappa shape index (κ2) is 18.0. The van der Waals surface area contributed by atoms with Gasteiger partial charge in [-0.05, 0) is 73.5 Å². The average molecular weight is 635 g/mol. The quantitative estimate of drug-likeness (QED) is 0.112. The van der Waals surface area contributed by atoms with E-state index in [-0.39, 0.29) is 12.5 Å². The molecule has 0 atom stereocenters. The largest absolute Gasteiger partial charge is 0.395 e. The summed E-state index contributed by atoms with van der Waals surface area (Å²) in [7, 11) is 4.17. The maximum atomic E-state index is 11.7. The molecular formula is C34H46N6O2S2. The van der Waals surface area contributed by atoms with Crippen LogP contribution in [0.2, 0.25) is 0 Å². The van der Waals surface area contributed by atoms with Gasteiger partial charge in [0.05, 0.1) is 6.61 Å². The van der Waals surface area contributed by atoms with Crippen LogP contribution >= 0.6 is 23.3 Å². The second-order valence-corrected chi connectivity index (χ2v) is 12.9. The van der Waals surface area contributed by atoms with Crippen molar-refractivity contribution in [2.24, 2.45) is 0 Å². The van der Waals surface area contributed by atoms with Gasteiger partial charge in [-0.2, -0.15) is 0 Å². The number of nitrogens with zero attached hydrogens (tertiary/aromatic N) is 4. The van der Waals surface area contributed by atoms with Gasteiger partial charge in [-0.3, -0.25) is 9.69 Å². The van der Waals surface area contributed by atoms with Crippen LogP contribution in [-0.2, 0) is 4.79 Å². The molecule has 8 nitrogen and oxygen atoms in total. The van der Waals surface area contributed by atoms with Gasteiger partial charge in [0.25, 0.3) is 0 Å². The number of hydrogen-bond acceptors (Lipinski definition) is 9. The Balaban J connectivity index is 0.000000201. The number of carbonyl (C=O) groups is 1. The summed E-state index contributed by atoms with van der Waals surface area (Å²) < 4.78 is 3.45. The monoisotopic (exact) mass is 634 g/mol. The molecule has 1 amide bonds. The van der Waals surface area contributed by atoms with Crippen molar-refractivity contribution in [3.63, 3.8) is 0 Å². The molecule has 5 rings (SSSR count). The summed E-state index contributed by atoms with van der Waals surface area (Å²) in [6, 6.07) is 21.4. The van der Waals surface area contributed by atoms with Crippen molar-refractivity contribution in [3.05, 3.63) is 77.8 Å². The molecule has 0 spiro atoms. The van der Waals surface area contributed by atoms with Gasteiger partial charge >= 0.3 is 0 Å². The molecule has 44 heavy (non-hydrogen) atoms. The van der Waals surface area contributed by atoms with Crippen molar-refractivity contribution >= 4 is 56.5 Å². The van der Waals surface area contributed by atoms with Crippen LogP contribution in [0.3, 0.4) is 0 Å². The summed E-state index contributed by atoms with van der Waals surface area (Å²) in [4.78, 5) is 23.9. The lowest BCUT2D eigenvalue weighted by Crippen LogP contribution is -2.47. The summed E-state index contributed by atoms with van der Waals surface area (Å²) in [5.74, 6) is 0.0626. The number of nitrogens with one attached hydrogen (secondary N) is 2. The lowest BCUT2D eigenvalue weighted by Gasteiger charge is -2.34. The highest BCUT2D eigenvalue weighted by atomic mass is 32.2. The molecule has 1 aliphatic rings. The van der Waals surface area contributed by atoms with E-state index < -0.39 is 0 Å². The van der Waals surface area contributed by atoms with E-state index in [0.29, 0.717) is 11.6 Å². The Morgan fingerprint density at radius 2 is 1.68 bits per heavy atom. The fourth-order valence-electron chi connectivity index (χ4n) is 5.21. The third kappa shape index (κ3) is 10.8. The molecule has 1 aromatic heterocycles. The summed E-state index contributed by atoms with van der Waals surface area (Å²) in [5.41, 5.74) is 3.64. The zero-order valence-corrected chi connectivity index (χ0v) is 27.8. The van der Waals surface area contributed by atoms with Crippen molar-refractivity contribution in [2.75, 3.05) is 74.9 Å². The van der Waals surface area contributed by atoms with E-state index in [1.807, 2.05) is 5.38 Å². The van der Waals surface area contributed by atoms with Gasteiger partial charge in [0.15, 0.2) is 5.13 Å². The molecule has 0 radical (unpaired) electrons. The summed E-state index contributed by atoms with van der Waals surface area (Å²) >= 11 is 3.11. The Kier molecular flexibility index (Phi) is 13.8. The van der Waals surface area contributed by atoms with Crippen molar-refractivity contribution < 1.29 is 9.90 Å². The molecule has 1 fully saturated rings. The van der Waals surface area contributed by atoms with Crippen molar-refractivity contribution in [3.8, 4) is 0 Å². The van der Waals surface area contributed by atoms with E-state index in [9.17, 15) is 4.79 Å². The summed E-state index contributed by atoms with van der Waals surface area (Å²) in [6.07, 6.45) is 5.43. The standard InChI is InChI=1S/C19H20N2S.C15H26N4O2S/c1-14-7-4-8-15(13-14)20-22-19-12-6-9-16-17(19)10-5-11-18(16)21(2)3;20-12-11-19-9-7-18(8-10-19)6-3-1-2-4-14(21)17-15-16-5-13-22-15/h4-13,20H,1-3H3;5,13,20H,1-4,6-12H2,(H,16,17,21). The lowest BCUT2D eigenvalue weighted by molar-refractivity contribution is -0.116. The third-order valence-electron chi connectivity index (χ3n) is 7.58. The van der Waals surface area contributed by atoms with Crippen LogP contribution in [0.15, 0.2) is 77.1 Å². The normalized spacial score (nSPS) is 13.7. The average Bonchev–Trinajstić information content (AvgIpc) is 3.54. The number of hydrogen-bond donors (Lipinski definition) is 3. The number of anilines is 3. The van der Waals surface area contributed by atoms with Crippen molar-refractivity contribution in [1.29, 1.82) is 0 Å². The first-order valence-electron chi connectivity index (χ1n) is 15.4. The number of piperazine rings is 1. The SMILES string of the molecule is Cc1cccc(NSc2cccc3c(N(C)C)cccc23)c1.O=C(CCCCCN1CCN(CCO)CC1)Nc1nccs1. The maximum absolute atomic E-state index is 11.7. The number of aromatic nitrogens is 1. The minimum absolute atomic E-state index is 0.0626. The molecule has 1 saturated heterocycles. The van der Waals surface area contributed by atoms with Gasteiger partial charge in [0.2, 0.25) is 5.91 Å². The van der Waals surface area contributed by atoms with Crippen LogP contribution in [0.4, 0.5) is 16.5 Å². The number of fused-ring (bicyclic) bond motifs is 1. The number of aryl methyl sites for hydroxylation is 1. The fraction of sp³-hybridized carbons (Fsp3) is 0.412. The minimum atomic E-state index is 0.0626. The topological polar surface area (TPSA) is 84.0 Å². The number of carbonyl (C=O) groups excluding carboxylic acids is 1. The van der Waals surface area contributed by atoms with Crippen LogP contribution in [0.5, 0.6) is 0 Å². The van der Waals surface area contributed by atoms with Gasteiger partial charge in [0, 0.05) is 86.5 Å². The van der Waals surface area contributed by atoms with E-state index >= 15 is 0 Å². The van der Waals surface area contributed by atoms with E-state index in [4.69, 9.17) is 5.11 Å². The number of unbranched alkanes of at least 4 members (excludes halogenated alkanes) is 2. The van der Waals surface area contributed by atoms with Gasteiger partial charge in [0.1, 0.15) is 0 Å². The molecule has 0 unspecified atom stereocenters. The van der Waals surface area contributed by atoms with Crippen LogP contribution in [-0.4, -0.2) is 85.8 Å². The first-order valence-corrected chi connectivity index (χ1v) is 17.1. The van der Waals surface area contributed by atoms with E-state index in [0.717, 1.165) is 64.2 Å². The van der Waals surface area contributed by atoms with Gasteiger partial charge < -0.3 is 24.9 Å². The number of aliphatic hydroxyl groups is 1. The van der Waals surface area contributed by atoms with E-state index in [2.05, 4.69) is 111 Å². The molecule has 0 saturated carbocycles. The predicted octanol–water partition coefficient (Wildman–Crippen LogP) is 6.59. The first-order chi connectivity index (χ1) is 21.4. The Bertz CT molecular complexity index is 1420. The lowest BCUT2D eigenvalue weighted by atomic mass is 10.1. The highest BCUT2D eigenvalue weighted by Gasteiger charge is 2.15. The number of rotatable bonds is 13. The number of β-amino-alcohol motifs (C(OH)–C–C–N with tert-alkyl or cyclic N) is 1. The Hall–Kier alpha value is -3.15. The van der Waals surface area contributed by atoms with Crippen molar-refractivity contribution in [2.45, 2.75) is 37.5 Å². The van der Waals surface area contributed by atoms with Crippen LogP contribution in [0, 0.1) is 6.92 Å². The smallest absolute Gasteiger partial charge is 0.226 e. The Morgan fingerprint density at radius 3 is 2.39 bits per heavy atom. The second-order valence-electron chi connectivity index (χ2n) is 11.2. The summed E-state index contributed by atoms with van der Waals surface area (Å²) in [5, 5.41) is 16.8. The molecule has 236 valence electrons. The van der Waals surface area contributed by atoms with Gasteiger partial charge in [-0.1, -0.05) is 42.8 Å². The molecule has 4 aromatic rings. The first kappa shape index (κ1) is 33.7. The Morgan fingerprint density at radius 1 is 0.955 bits per heavy atom. The molecular weight excluding hydrogens is 589 g/mol. The van der Waals surface area contributed by atoms with E-state index in [1.54, 1.807) is 18.1 Å². The number of thiazole rings is 1. The zero-order valence-electron chi connectivity index (χ0n) is 26.2. The summed E-state index contributed by atoms with van der Waals surface area (Å²) in [6.45, 7) is 8.55. The molecule has 3 aromatic carbocycles. The van der Waals surface area contributed by atoms with Gasteiger partial charge in [-0.15, -0.1) is 11.3 Å². The van der Waals surface area contributed by atoms with Crippen LogP contribution in [0.25, 0.3) is 10.8 Å². The fourth-order valence-corrected chi connectivity index (χ4v) is 6.54. The maximum Gasteiger partial charge on any atom is 0.226 e. The zero-order chi connectivity index (χ0) is 31.1. The van der Waals surface area contributed by atoms with Crippen LogP contribution < -0.4 is 14.9 Å². The molecule has 3 N–H and O–H groups in total. The highest BCUT2D eigenvalue weighted by Crippen LogP contribution is 2.33. The Labute approximate surface area is 270 Å². The molecule has 2 heterocycles. The molecule has 0 aliphatic carbocycles. The minimum Gasteiger partial charge on any atom is -0.395 e. The molecule has 0 bridgehead atoms. The number of amides is 1. The third-order valence-corrected chi connectivity index (χ3v) is 9.18. The number of benzene rings is 3. The number of aliphatic hydroxyl groups excluding tert-OH is 1. The molecule has 10 heteroatoms. The molecule has 1 aliphatic heterocycles. The van der Waals surface area contributed by atoms with Crippen molar-refractivity contribution in [1.82, 2.24) is 14.8 Å². The van der Waals surface area contributed by atoms with Crippen LogP contribution in [0.1, 0.15) is 31.2 Å².